The Morgan fingerprint density at radius 1 is 1.30 bits per heavy atom. The number of aromatic nitrogens is 2. The lowest BCUT2D eigenvalue weighted by molar-refractivity contribution is 0.0780. The van der Waals surface area contributed by atoms with Gasteiger partial charge in [0.25, 0.3) is 0 Å². The van der Waals surface area contributed by atoms with Crippen LogP contribution in [-0.2, 0) is 18.0 Å². The average molecular weight is 358 g/mol. The van der Waals surface area contributed by atoms with Gasteiger partial charge in [0.05, 0.1) is 24.1 Å². The fourth-order valence-corrected chi connectivity index (χ4v) is 3.24. The lowest BCUT2D eigenvalue weighted by Crippen LogP contribution is -2.05. The lowest BCUT2D eigenvalue weighted by Gasteiger charge is -2.14. The highest BCUT2D eigenvalue weighted by Crippen LogP contribution is 2.40. The molecule has 0 unspecified atom stereocenters. The van der Waals surface area contributed by atoms with Gasteiger partial charge in [-0.25, -0.2) is 4.98 Å². The van der Waals surface area contributed by atoms with E-state index in [1.807, 2.05) is 49.4 Å². The van der Waals surface area contributed by atoms with Crippen molar-refractivity contribution in [3.8, 4) is 22.9 Å². The zero-order chi connectivity index (χ0) is 18.8. The van der Waals surface area contributed by atoms with E-state index in [2.05, 4.69) is 16.0 Å². The number of nitrogens with two attached hydrogens (primary N) is 1. The van der Waals surface area contributed by atoms with Gasteiger partial charge in [-0.2, -0.15) is 5.26 Å². The first-order valence-electron chi connectivity index (χ1n) is 8.64. The molecule has 2 N–H and O–H groups in total. The fourth-order valence-electron chi connectivity index (χ4n) is 3.24. The molecule has 0 saturated heterocycles. The van der Waals surface area contributed by atoms with E-state index in [0.717, 1.165) is 28.1 Å². The maximum Gasteiger partial charge on any atom is 0.142 e. The first kappa shape index (κ1) is 17.0. The fraction of sp³-hybridized carbons (Fsp3) is 0.190. The highest BCUT2D eigenvalue weighted by atomic mass is 16.5. The summed E-state index contributed by atoms with van der Waals surface area (Å²) in [5, 5.41) is 9.63. The second-order valence-corrected chi connectivity index (χ2v) is 6.31. The van der Waals surface area contributed by atoms with Gasteiger partial charge < -0.3 is 15.2 Å². The molecule has 1 aliphatic rings. The molecule has 0 amide bonds. The van der Waals surface area contributed by atoms with Gasteiger partial charge >= 0.3 is 0 Å². The topological polar surface area (TPSA) is 94.1 Å². The van der Waals surface area contributed by atoms with Crippen LogP contribution in [0.1, 0.15) is 35.5 Å². The van der Waals surface area contributed by atoms with E-state index < -0.39 is 0 Å². The largest absolute Gasteiger partial charge is 0.487 e. The minimum Gasteiger partial charge on any atom is -0.487 e. The monoisotopic (exact) mass is 358 g/mol. The molecular weight excluding hydrogens is 340 g/mol. The Balaban J connectivity index is 1.72. The summed E-state index contributed by atoms with van der Waals surface area (Å²) in [6, 6.07) is 15.5. The third-order valence-corrected chi connectivity index (χ3v) is 4.57. The molecule has 3 aromatic rings. The molecule has 0 fully saturated rings. The van der Waals surface area contributed by atoms with Crippen LogP contribution in [-0.4, -0.2) is 9.97 Å². The number of nitrogens with zero attached hydrogens (tertiary/aromatic N) is 3. The Hall–Kier alpha value is -3.43. The van der Waals surface area contributed by atoms with E-state index >= 15 is 0 Å². The van der Waals surface area contributed by atoms with Crippen LogP contribution in [0.25, 0.3) is 11.1 Å². The van der Waals surface area contributed by atoms with E-state index in [4.69, 9.17) is 15.2 Å². The number of hydrogen-bond donors (Lipinski definition) is 1. The molecule has 1 atom stereocenters. The standard InChI is InChI=1S/C21H18N4O2/c1-13-20-18(12-26-13)19(17(10-22)21(23)25-20)14-5-4-7-16(9-14)27-11-15-6-2-3-8-24-15/h2-9,13H,11-12H2,1H3,(H2,23,25)/t13-/m1/s1. The van der Waals surface area contributed by atoms with E-state index in [-0.39, 0.29) is 11.9 Å². The van der Waals surface area contributed by atoms with Crippen LogP contribution in [0, 0.1) is 11.3 Å². The first-order valence-corrected chi connectivity index (χ1v) is 8.64. The number of nitriles is 1. The summed E-state index contributed by atoms with van der Waals surface area (Å²) >= 11 is 0. The average Bonchev–Trinajstić information content (AvgIpc) is 3.06. The quantitative estimate of drug-likeness (QED) is 0.763. The number of anilines is 1. The summed E-state index contributed by atoms with van der Waals surface area (Å²) in [4.78, 5) is 8.64. The van der Waals surface area contributed by atoms with Crippen molar-refractivity contribution in [1.29, 1.82) is 5.26 Å². The van der Waals surface area contributed by atoms with Gasteiger partial charge in [0.15, 0.2) is 0 Å². The molecule has 0 saturated carbocycles. The summed E-state index contributed by atoms with van der Waals surface area (Å²) in [6.45, 7) is 2.71. The van der Waals surface area contributed by atoms with E-state index in [9.17, 15) is 5.26 Å². The number of rotatable bonds is 4. The third kappa shape index (κ3) is 3.21. The molecule has 1 aromatic carbocycles. The van der Waals surface area contributed by atoms with Crippen LogP contribution in [0.2, 0.25) is 0 Å². The van der Waals surface area contributed by atoms with Crippen LogP contribution in [0.4, 0.5) is 5.82 Å². The normalized spacial score (nSPS) is 15.2. The molecule has 0 spiro atoms. The van der Waals surface area contributed by atoms with Gasteiger partial charge in [-0.1, -0.05) is 18.2 Å². The molecular formula is C21H18N4O2. The van der Waals surface area contributed by atoms with Gasteiger partial charge in [-0.15, -0.1) is 0 Å². The molecule has 6 heteroatoms. The Morgan fingerprint density at radius 2 is 2.19 bits per heavy atom. The van der Waals surface area contributed by atoms with E-state index in [1.165, 1.54) is 0 Å². The van der Waals surface area contributed by atoms with Crippen LogP contribution in [0.3, 0.4) is 0 Å². The number of fused-ring (bicyclic) bond motifs is 1. The summed E-state index contributed by atoms with van der Waals surface area (Å²) in [5.41, 5.74) is 10.6. The predicted molar refractivity (Wildman–Crippen MR) is 101 cm³/mol. The van der Waals surface area contributed by atoms with Gasteiger partial charge in [-0.05, 0) is 36.8 Å². The second-order valence-electron chi connectivity index (χ2n) is 6.31. The molecule has 1 aliphatic heterocycles. The number of ether oxygens (including phenoxy) is 2. The predicted octanol–water partition coefficient (Wildman–Crippen LogP) is 3.77. The molecule has 134 valence electrons. The van der Waals surface area contributed by atoms with Gasteiger partial charge in [-0.3, -0.25) is 4.98 Å². The zero-order valence-corrected chi connectivity index (χ0v) is 14.8. The highest BCUT2D eigenvalue weighted by molar-refractivity contribution is 5.80. The molecule has 6 nitrogen and oxygen atoms in total. The maximum absolute atomic E-state index is 9.63. The summed E-state index contributed by atoms with van der Waals surface area (Å²) < 4.78 is 11.6. The Morgan fingerprint density at radius 3 is 2.96 bits per heavy atom. The SMILES string of the molecule is C[C@H]1OCc2c1nc(N)c(C#N)c2-c1cccc(OCc2ccccn2)c1. The van der Waals surface area contributed by atoms with Crippen molar-refractivity contribution in [2.24, 2.45) is 0 Å². The first-order chi connectivity index (χ1) is 13.2. The van der Waals surface area contributed by atoms with Gasteiger partial charge in [0, 0.05) is 17.3 Å². The summed E-state index contributed by atoms with van der Waals surface area (Å²) in [7, 11) is 0. The number of pyridine rings is 2. The van der Waals surface area contributed by atoms with Crippen LogP contribution < -0.4 is 10.5 Å². The van der Waals surface area contributed by atoms with Crippen molar-refractivity contribution in [1.82, 2.24) is 9.97 Å². The highest BCUT2D eigenvalue weighted by Gasteiger charge is 2.28. The Bertz CT molecular complexity index is 1030. The number of hydrogen-bond acceptors (Lipinski definition) is 6. The van der Waals surface area contributed by atoms with Crippen molar-refractivity contribution < 1.29 is 9.47 Å². The van der Waals surface area contributed by atoms with Crippen LogP contribution in [0.15, 0.2) is 48.7 Å². The maximum atomic E-state index is 9.63. The van der Waals surface area contributed by atoms with Crippen molar-refractivity contribution in [3.05, 3.63) is 71.2 Å². The number of nitrogen functional groups attached to an aromatic ring is 1. The molecule has 4 rings (SSSR count). The van der Waals surface area contributed by atoms with Crippen molar-refractivity contribution >= 4 is 5.82 Å². The summed E-state index contributed by atoms with van der Waals surface area (Å²) in [5.74, 6) is 0.918. The Kier molecular flexibility index (Phi) is 4.45. The summed E-state index contributed by atoms with van der Waals surface area (Å²) in [6.07, 6.45) is 1.59. The molecule has 27 heavy (non-hydrogen) atoms. The number of benzene rings is 1. The third-order valence-electron chi connectivity index (χ3n) is 4.57. The second kappa shape index (κ2) is 7.06. The van der Waals surface area contributed by atoms with Crippen molar-refractivity contribution in [3.63, 3.8) is 0 Å². The zero-order valence-electron chi connectivity index (χ0n) is 14.8. The Labute approximate surface area is 157 Å². The lowest BCUT2D eigenvalue weighted by atomic mass is 9.94. The molecule has 0 radical (unpaired) electrons. The van der Waals surface area contributed by atoms with E-state index in [1.54, 1.807) is 6.20 Å². The minimum absolute atomic E-state index is 0.141. The van der Waals surface area contributed by atoms with E-state index in [0.29, 0.717) is 24.5 Å². The van der Waals surface area contributed by atoms with Crippen LogP contribution in [0.5, 0.6) is 5.75 Å². The molecule has 0 aliphatic carbocycles. The minimum atomic E-state index is -0.141. The van der Waals surface area contributed by atoms with Gasteiger partial charge in [0.1, 0.15) is 29.8 Å². The van der Waals surface area contributed by atoms with Crippen molar-refractivity contribution in [2.75, 3.05) is 5.73 Å². The molecule has 0 bridgehead atoms. The van der Waals surface area contributed by atoms with Crippen molar-refractivity contribution in [2.45, 2.75) is 26.2 Å². The molecule has 3 heterocycles. The molecule has 2 aromatic heterocycles. The van der Waals surface area contributed by atoms with Crippen LogP contribution >= 0.6 is 0 Å². The van der Waals surface area contributed by atoms with Gasteiger partial charge in [0.2, 0.25) is 0 Å². The smallest absolute Gasteiger partial charge is 0.142 e.